The van der Waals surface area contributed by atoms with Crippen molar-refractivity contribution < 1.29 is 22.7 Å². The fraction of sp³-hybridized carbons (Fsp3) is 0.625. The quantitative estimate of drug-likeness (QED) is 0.610. The Balaban J connectivity index is 1.46. The molecule has 11 heteroatoms. The van der Waals surface area contributed by atoms with E-state index in [0.29, 0.717) is 30.5 Å². The summed E-state index contributed by atoms with van der Waals surface area (Å²) in [5, 5.41) is 10.8. The Hall–Kier alpha value is -2.33. The van der Waals surface area contributed by atoms with Crippen LogP contribution in [0.5, 0.6) is 0 Å². The van der Waals surface area contributed by atoms with E-state index in [4.69, 9.17) is 16.3 Å². The molecule has 0 radical (unpaired) electrons. The third-order valence-corrected chi connectivity index (χ3v) is 7.11. The predicted octanol–water partition coefficient (Wildman–Crippen LogP) is 5.17. The summed E-state index contributed by atoms with van der Waals surface area (Å²) in [6, 6.07) is 7.93. The molecular formula is C24H31ClF3N5O2. The zero-order valence-corrected chi connectivity index (χ0v) is 20.9. The number of aromatic nitrogens is 3. The molecule has 1 amide bonds. The lowest BCUT2D eigenvalue weighted by Crippen LogP contribution is -2.49. The highest BCUT2D eigenvalue weighted by Gasteiger charge is 2.42. The summed E-state index contributed by atoms with van der Waals surface area (Å²) in [4.78, 5) is 14.6. The molecule has 4 rings (SSSR count). The molecule has 2 heterocycles. The number of benzene rings is 1. The van der Waals surface area contributed by atoms with Crippen molar-refractivity contribution in [3.8, 4) is 0 Å². The van der Waals surface area contributed by atoms with E-state index in [9.17, 15) is 18.0 Å². The summed E-state index contributed by atoms with van der Waals surface area (Å²) in [7, 11) is 0. The van der Waals surface area contributed by atoms with Crippen LogP contribution in [0.25, 0.3) is 0 Å². The van der Waals surface area contributed by atoms with Crippen LogP contribution >= 0.6 is 11.6 Å². The summed E-state index contributed by atoms with van der Waals surface area (Å²) < 4.78 is 46.1. The van der Waals surface area contributed by atoms with Crippen LogP contribution in [0.2, 0.25) is 5.02 Å². The summed E-state index contributed by atoms with van der Waals surface area (Å²) >= 11 is 6.29. The van der Waals surface area contributed by atoms with Crippen LogP contribution in [-0.2, 0) is 29.4 Å². The van der Waals surface area contributed by atoms with Gasteiger partial charge in [0.2, 0.25) is 5.82 Å². The maximum Gasteiger partial charge on any atom is 0.451 e. The first kappa shape index (κ1) is 25.8. The highest BCUT2D eigenvalue weighted by molar-refractivity contribution is 6.30. The van der Waals surface area contributed by atoms with Gasteiger partial charge in [0, 0.05) is 36.1 Å². The van der Waals surface area contributed by atoms with Gasteiger partial charge in [0.15, 0.2) is 0 Å². The average molecular weight is 514 g/mol. The largest absolute Gasteiger partial charge is 0.451 e. The van der Waals surface area contributed by atoms with E-state index in [2.05, 4.69) is 20.4 Å². The Kier molecular flexibility index (Phi) is 7.07. The van der Waals surface area contributed by atoms with Crippen molar-refractivity contribution in [2.24, 2.45) is 0 Å². The zero-order valence-electron chi connectivity index (χ0n) is 20.2. The van der Waals surface area contributed by atoms with E-state index in [-0.39, 0.29) is 18.0 Å². The first-order chi connectivity index (χ1) is 16.4. The van der Waals surface area contributed by atoms with Gasteiger partial charge in [-0.2, -0.15) is 13.2 Å². The molecule has 7 nitrogen and oxygen atoms in total. The Morgan fingerprint density at radius 1 is 1.20 bits per heavy atom. The Bertz CT molecular complexity index is 1060. The molecule has 1 saturated carbocycles. The zero-order chi connectivity index (χ0) is 25.4. The maximum atomic E-state index is 13.2. The van der Waals surface area contributed by atoms with Gasteiger partial charge in [0.05, 0.1) is 6.54 Å². The number of ether oxygens (including phenoxy) is 1. The Labute approximate surface area is 208 Å². The van der Waals surface area contributed by atoms with Gasteiger partial charge in [-0.05, 0) is 64.2 Å². The number of alkyl carbamates (subject to hydrolysis) is 1. The molecule has 1 N–H and O–H groups in total. The molecule has 0 bridgehead atoms. The fourth-order valence-corrected chi connectivity index (χ4v) is 5.35. The average Bonchev–Trinajstić information content (AvgIpc) is 3.21. The maximum absolute atomic E-state index is 13.2. The molecule has 2 aliphatic rings. The van der Waals surface area contributed by atoms with E-state index in [0.717, 1.165) is 31.2 Å². The second-order valence-corrected chi connectivity index (χ2v) is 10.9. The summed E-state index contributed by atoms with van der Waals surface area (Å²) in [5.41, 5.74) is 0.163. The molecule has 0 spiro atoms. The Morgan fingerprint density at radius 2 is 1.91 bits per heavy atom. The third-order valence-electron chi connectivity index (χ3n) is 6.87. The minimum atomic E-state index is -4.50. The molecule has 0 atom stereocenters. The van der Waals surface area contributed by atoms with Gasteiger partial charge < -0.3 is 14.6 Å². The van der Waals surface area contributed by atoms with E-state index in [1.165, 1.54) is 4.57 Å². The number of amides is 1. The monoisotopic (exact) mass is 513 g/mol. The lowest BCUT2D eigenvalue weighted by Gasteiger charge is -2.45. The minimum absolute atomic E-state index is 0.212. The molecule has 0 saturated heterocycles. The van der Waals surface area contributed by atoms with Crippen LogP contribution in [0.3, 0.4) is 0 Å². The number of nitrogens with one attached hydrogen (secondary N) is 1. The van der Waals surface area contributed by atoms with Crippen LogP contribution in [-0.4, -0.2) is 50.5 Å². The van der Waals surface area contributed by atoms with E-state index in [1.54, 1.807) is 0 Å². The molecule has 0 unspecified atom stereocenters. The number of halogens is 4. The number of carbonyl (C=O) groups is 1. The SMILES string of the molecule is CC(C)(C)OC(=O)NCC1(c2cccc(Cl)c2)CCC(N2CCn3c(nnc3C(F)(F)F)C2)CC1. The van der Waals surface area contributed by atoms with Gasteiger partial charge in [0.1, 0.15) is 11.4 Å². The minimum Gasteiger partial charge on any atom is -0.444 e. The summed E-state index contributed by atoms with van der Waals surface area (Å²) in [6.07, 6.45) is -1.70. The number of nitrogens with zero attached hydrogens (tertiary/aromatic N) is 4. The molecule has 1 aromatic carbocycles. The molecule has 1 aliphatic carbocycles. The summed E-state index contributed by atoms with van der Waals surface area (Å²) in [6.45, 7) is 6.95. The van der Waals surface area contributed by atoms with Crippen LogP contribution in [0, 0.1) is 0 Å². The number of carbonyl (C=O) groups excluding carboxylic acids is 1. The van der Waals surface area contributed by atoms with Crippen LogP contribution in [0.15, 0.2) is 24.3 Å². The standard InChI is InChI=1S/C24H31ClF3N5O2/c1-22(2,3)35-21(34)29-15-23(16-5-4-6-17(25)13-16)9-7-18(8-10-23)32-11-12-33-19(14-32)30-31-20(33)24(26,27)28/h4-6,13,18H,7-12,14-15H2,1-3H3,(H,29,34). The van der Waals surface area contributed by atoms with Gasteiger partial charge in [-0.1, -0.05) is 23.7 Å². The van der Waals surface area contributed by atoms with Crippen molar-refractivity contribution in [1.29, 1.82) is 0 Å². The van der Waals surface area contributed by atoms with E-state index >= 15 is 0 Å². The molecular weight excluding hydrogens is 483 g/mol. The number of rotatable bonds is 4. The molecule has 35 heavy (non-hydrogen) atoms. The van der Waals surface area contributed by atoms with Crippen molar-refractivity contribution in [3.63, 3.8) is 0 Å². The lowest BCUT2D eigenvalue weighted by molar-refractivity contribution is -0.148. The number of fused-ring (bicyclic) bond motifs is 1. The fourth-order valence-electron chi connectivity index (χ4n) is 5.16. The first-order valence-corrected chi connectivity index (χ1v) is 12.2. The highest BCUT2D eigenvalue weighted by Crippen LogP contribution is 2.42. The van der Waals surface area contributed by atoms with Crippen molar-refractivity contribution >= 4 is 17.7 Å². The van der Waals surface area contributed by atoms with E-state index < -0.39 is 23.7 Å². The molecule has 1 aromatic heterocycles. The third kappa shape index (κ3) is 5.91. The smallest absolute Gasteiger partial charge is 0.444 e. The second kappa shape index (κ2) is 9.61. The number of hydrogen-bond acceptors (Lipinski definition) is 5. The van der Waals surface area contributed by atoms with Gasteiger partial charge in [-0.3, -0.25) is 4.90 Å². The summed E-state index contributed by atoms with van der Waals surface area (Å²) in [5.74, 6) is -0.578. The van der Waals surface area contributed by atoms with Crippen molar-refractivity contribution in [3.05, 3.63) is 46.5 Å². The van der Waals surface area contributed by atoms with Crippen LogP contribution in [0.4, 0.5) is 18.0 Å². The molecule has 192 valence electrons. The van der Waals surface area contributed by atoms with Gasteiger partial charge in [-0.25, -0.2) is 4.79 Å². The molecule has 2 aromatic rings. The van der Waals surface area contributed by atoms with E-state index in [1.807, 2.05) is 45.0 Å². The topological polar surface area (TPSA) is 72.3 Å². The normalized spacial score (nSPS) is 23.6. The first-order valence-electron chi connectivity index (χ1n) is 11.8. The molecule has 1 aliphatic heterocycles. The van der Waals surface area contributed by atoms with Gasteiger partial charge in [0.25, 0.3) is 0 Å². The highest BCUT2D eigenvalue weighted by atomic mass is 35.5. The number of alkyl halides is 3. The predicted molar refractivity (Wildman–Crippen MR) is 125 cm³/mol. The van der Waals surface area contributed by atoms with Crippen molar-refractivity contribution in [2.75, 3.05) is 13.1 Å². The Morgan fingerprint density at radius 3 is 2.54 bits per heavy atom. The lowest BCUT2D eigenvalue weighted by atomic mass is 9.67. The van der Waals surface area contributed by atoms with Crippen LogP contribution < -0.4 is 5.32 Å². The van der Waals surface area contributed by atoms with Gasteiger partial charge >= 0.3 is 12.3 Å². The van der Waals surface area contributed by atoms with Gasteiger partial charge in [-0.15, -0.1) is 10.2 Å². The van der Waals surface area contributed by atoms with Crippen molar-refractivity contribution in [2.45, 2.75) is 82.8 Å². The van der Waals surface area contributed by atoms with Crippen molar-refractivity contribution in [1.82, 2.24) is 25.0 Å². The number of hydrogen-bond donors (Lipinski definition) is 1. The van der Waals surface area contributed by atoms with Crippen LogP contribution in [0.1, 0.15) is 63.7 Å². The second-order valence-electron chi connectivity index (χ2n) is 10.4. The molecule has 1 fully saturated rings.